The van der Waals surface area contributed by atoms with E-state index in [9.17, 15) is 9.18 Å². The molecular weight excluding hydrogens is 445 g/mol. The Morgan fingerprint density at radius 1 is 1.45 bits per heavy atom. The summed E-state index contributed by atoms with van der Waals surface area (Å²) in [4.78, 5) is 25.5. The Bertz CT molecular complexity index is 1110. The van der Waals surface area contributed by atoms with Gasteiger partial charge in [0.15, 0.2) is 5.17 Å². The topological polar surface area (TPSA) is 112 Å². The van der Waals surface area contributed by atoms with Gasteiger partial charge in [0.25, 0.3) is 5.91 Å². The summed E-state index contributed by atoms with van der Waals surface area (Å²) in [5, 5.41) is 3.16. The standard InChI is InChI=1S/C23H26FN5O3S/c1-5-13(2)32-19-11-26-17(10-27-19)20(30)28-14-6-7-16(24)15(8-14)22(3)18-9-23(18,12-31-4)33-21(25)29-22/h5-8,10-11,13,18H,1,9,12H2,2-4H3,(H2,25,29)(H,28,30)/t13-,18-,22+,23+/m0/s1. The Hall–Kier alpha value is -2.98. The summed E-state index contributed by atoms with van der Waals surface area (Å²) in [7, 11) is 1.64. The maximum Gasteiger partial charge on any atom is 0.275 e. The Morgan fingerprint density at radius 2 is 2.24 bits per heavy atom. The molecule has 0 spiro atoms. The highest BCUT2D eigenvalue weighted by Gasteiger charge is 2.66. The minimum Gasteiger partial charge on any atom is -0.469 e. The molecule has 0 bridgehead atoms. The van der Waals surface area contributed by atoms with Gasteiger partial charge in [-0.25, -0.2) is 14.4 Å². The van der Waals surface area contributed by atoms with Crippen LogP contribution in [0.1, 0.15) is 36.3 Å². The summed E-state index contributed by atoms with van der Waals surface area (Å²) in [5.41, 5.74) is 6.15. The number of halogens is 1. The van der Waals surface area contributed by atoms with E-state index >= 15 is 0 Å². The van der Waals surface area contributed by atoms with Crippen LogP contribution in [0.4, 0.5) is 10.1 Å². The molecule has 1 saturated carbocycles. The number of aromatic nitrogens is 2. The number of nitrogens with one attached hydrogen (secondary N) is 1. The maximum absolute atomic E-state index is 15.0. The van der Waals surface area contributed by atoms with E-state index in [1.54, 1.807) is 19.3 Å². The molecule has 3 N–H and O–H groups in total. The number of nitrogens with zero attached hydrogens (tertiary/aromatic N) is 3. The van der Waals surface area contributed by atoms with Gasteiger partial charge in [0, 0.05) is 24.3 Å². The first-order chi connectivity index (χ1) is 15.7. The number of ether oxygens (including phenoxy) is 2. The van der Waals surface area contributed by atoms with Crippen LogP contribution in [-0.4, -0.2) is 45.6 Å². The predicted molar refractivity (Wildman–Crippen MR) is 126 cm³/mol. The fraction of sp³-hybridized carbons (Fsp3) is 0.391. The monoisotopic (exact) mass is 471 g/mol. The average molecular weight is 472 g/mol. The number of fused-ring (bicyclic) bond motifs is 1. The summed E-state index contributed by atoms with van der Waals surface area (Å²) in [6.07, 6.45) is 4.89. The first-order valence-electron chi connectivity index (χ1n) is 10.5. The molecule has 2 heterocycles. The highest BCUT2D eigenvalue weighted by molar-refractivity contribution is 8.15. The predicted octanol–water partition coefficient (Wildman–Crippen LogP) is 3.50. The molecule has 174 valence electrons. The lowest BCUT2D eigenvalue weighted by Crippen LogP contribution is -2.37. The van der Waals surface area contributed by atoms with Crippen molar-refractivity contribution < 1.29 is 18.7 Å². The molecule has 0 unspecified atom stereocenters. The van der Waals surface area contributed by atoms with Crippen LogP contribution < -0.4 is 15.8 Å². The minimum atomic E-state index is -0.862. The quantitative estimate of drug-likeness (QED) is 0.567. The molecule has 0 radical (unpaired) electrons. The van der Waals surface area contributed by atoms with Crippen LogP contribution in [0, 0.1) is 11.7 Å². The van der Waals surface area contributed by atoms with Crippen molar-refractivity contribution in [3.8, 4) is 5.88 Å². The number of benzene rings is 1. The number of hydrogen-bond acceptors (Lipinski definition) is 8. The van der Waals surface area contributed by atoms with E-state index in [4.69, 9.17) is 15.2 Å². The van der Waals surface area contributed by atoms with Crippen molar-refractivity contribution >= 4 is 28.5 Å². The van der Waals surface area contributed by atoms with Gasteiger partial charge in [-0.2, -0.15) is 0 Å². The number of methoxy groups -OCH3 is 1. The summed E-state index contributed by atoms with van der Waals surface area (Å²) in [5.74, 6) is -0.532. The molecule has 4 rings (SSSR count). The molecule has 1 fully saturated rings. The van der Waals surface area contributed by atoms with E-state index < -0.39 is 17.3 Å². The number of amides is 1. The van der Waals surface area contributed by atoms with Crippen LogP contribution in [0.5, 0.6) is 5.88 Å². The van der Waals surface area contributed by atoms with Crippen molar-refractivity contribution in [3.63, 3.8) is 0 Å². The molecule has 1 aromatic carbocycles. The van der Waals surface area contributed by atoms with E-state index in [0.717, 1.165) is 6.42 Å². The number of anilines is 1. The molecule has 2 aromatic rings. The molecule has 8 nitrogen and oxygen atoms in total. The van der Waals surface area contributed by atoms with Gasteiger partial charge in [-0.05, 0) is 38.5 Å². The molecule has 0 saturated heterocycles. The Labute approximate surface area is 195 Å². The molecule has 1 aromatic heterocycles. The van der Waals surface area contributed by atoms with Gasteiger partial charge in [0.1, 0.15) is 17.6 Å². The van der Waals surface area contributed by atoms with E-state index in [1.807, 2.05) is 13.8 Å². The summed E-state index contributed by atoms with van der Waals surface area (Å²) >= 11 is 1.49. The number of amidine groups is 1. The lowest BCUT2D eigenvalue weighted by Gasteiger charge is -2.34. The third-order valence-electron chi connectivity index (χ3n) is 6.01. The van der Waals surface area contributed by atoms with Gasteiger partial charge >= 0.3 is 0 Å². The second kappa shape index (κ2) is 8.75. The maximum atomic E-state index is 15.0. The van der Waals surface area contributed by atoms with Gasteiger partial charge in [0.05, 0.1) is 29.3 Å². The van der Waals surface area contributed by atoms with Gasteiger partial charge in [0.2, 0.25) is 5.88 Å². The average Bonchev–Trinajstić information content (AvgIpc) is 3.50. The van der Waals surface area contributed by atoms with Crippen molar-refractivity contribution in [1.29, 1.82) is 0 Å². The largest absolute Gasteiger partial charge is 0.469 e. The molecular formula is C23H26FN5O3S. The van der Waals surface area contributed by atoms with Crippen LogP contribution in [0.3, 0.4) is 0 Å². The zero-order chi connectivity index (χ0) is 23.8. The van der Waals surface area contributed by atoms with E-state index in [-0.39, 0.29) is 28.3 Å². The number of carbonyl (C=O) groups is 1. The lowest BCUT2D eigenvalue weighted by atomic mass is 9.85. The van der Waals surface area contributed by atoms with Gasteiger partial charge < -0.3 is 20.5 Å². The molecule has 1 aliphatic heterocycles. The second-order valence-electron chi connectivity index (χ2n) is 8.40. The zero-order valence-corrected chi connectivity index (χ0v) is 19.5. The third-order valence-corrected chi connectivity index (χ3v) is 7.29. The van der Waals surface area contributed by atoms with Crippen LogP contribution in [0.25, 0.3) is 0 Å². The third kappa shape index (κ3) is 4.45. The summed E-state index contributed by atoms with van der Waals surface area (Å²) in [6.45, 7) is 7.84. The molecule has 2 aliphatic rings. The molecule has 10 heteroatoms. The van der Waals surface area contributed by atoms with Crippen LogP contribution in [-0.2, 0) is 10.3 Å². The highest BCUT2D eigenvalue weighted by Crippen LogP contribution is 2.66. The van der Waals surface area contributed by atoms with E-state index in [1.165, 1.54) is 36.3 Å². The van der Waals surface area contributed by atoms with Crippen molar-refractivity contribution in [3.05, 3.63) is 60.3 Å². The Balaban J connectivity index is 1.55. The number of nitrogens with two attached hydrogens (primary N) is 1. The van der Waals surface area contributed by atoms with E-state index in [0.29, 0.717) is 23.0 Å². The molecule has 1 aliphatic carbocycles. The first kappa shape index (κ1) is 23.2. The smallest absolute Gasteiger partial charge is 0.275 e. The SMILES string of the molecule is C=C[C@H](C)Oc1cnc(C(=O)Nc2ccc(F)c([C@@]3(C)N=C(N)S[C@@]4(COC)C[C@H]43)c2)cn1. The number of rotatable bonds is 8. The molecule has 33 heavy (non-hydrogen) atoms. The second-order valence-corrected chi connectivity index (χ2v) is 9.84. The van der Waals surface area contributed by atoms with Crippen LogP contribution in [0.2, 0.25) is 0 Å². The van der Waals surface area contributed by atoms with Crippen LogP contribution >= 0.6 is 11.8 Å². The Kier molecular flexibility index (Phi) is 6.15. The fourth-order valence-electron chi connectivity index (χ4n) is 4.25. The number of hydrogen-bond donors (Lipinski definition) is 2. The van der Waals surface area contributed by atoms with E-state index in [2.05, 4.69) is 26.9 Å². The number of aliphatic imine (C=N–C) groups is 1. The molecule has 4 atom stereocenters. The first-order valence-corrected chi connectivity index (χ1v) is 11.3. The fourth-order valence-corrected chi connectivity index (χ4v) is 5.70. The normalized spacial score (nSPS) is 26.5. The van der Waals surface area contributed by atoms with Crippen molar-refractivity contribution in [2.75, 3.05) is 19.0 Å². The van der Waals surface area contributed by atoms with Gasteiger partial charge in [-0.15, -0.1) is 0 Å². The summed E-state index contributed by atoms with van der Waals surface area (Å²) < 4.78 is 25.6. The highest BCUT2D eigenvalue weighted by atomic mass is 32.2. The molecule has 1 amide bonds. The number of carbonyl (C=O) groups excluding carboxylic acids is 1. The van der Waals surface area contributed by atoms with Crippen molar-refractivity contribution in [1.82, 2.24) is 9.97 Å². The number of thioether (sulfide) groups is 1. The van der Waals surface area contributed by atoms with Gasteiger partial charge in [-0.3, -0.25) is 9.79 Å². The van der Waals surface area contributed by atoms with Crippen LogP contribution in [0.15, 0.2) is 48.2 Å². The van der Waals surface area contributed by atoms with Gasteiger partial charge in [-0.1, -0.05) is 24.4 Å². The summed E-state index contributed by atoms with van der Waals surface area (Å²) in [6, 6.07) is 4.42. The lowest BCUT2D eigenvalue weighted by molar-refractivity contribution is 0.102. The van der Waals surface area contributed by atoms with Crippen molar-refractivity contribution in [2.45, 2.75) is 36.7 Å². The minimum absolute atomic E-state index is 0.0686. The Morgan fingerprint density at radius 3 is 2.91 bits per heavy atom. The van der Waals surface area contributed by atoms with Crippen molar-refractivity contribution in [2.24, 2.45) is 16.6 Å². The zero-order valence-electron chi connectivity index (χ0n) is 18.7.